The Morgan fingerprint density at radius 1 is 1.10 bits per heavy atom. The Labute approximate surface area is 130 Å². The molecule has 1 aliphatic rings. The SMILES string of the molecule is O=C(NCCC1CCCCC1)Nc1cc(Cl)cc(Cl)c1. The van der Waals surface area contributed by atoms with Gasteiger partial charge in [-0.3, -0.25) is 0 Å². The molecule has 2 N–H and O–H groups in total. The number of nitrogens with one attached hydrogen (secondary N) is 2. The third kappa shape index (κ3) is 5.22. The number of hydrogen-bond donors (Lipinski definition) is 2. The molecule has 0 bridgehead atoms. The van der Waals surface area contributed by atoms with Gasteiger partial charge in [-0.15, -0.1) is 0 Å². The second kappa shape index (κ2) is 7.75. The number of halogens is 2. The summed E-state index contributed by atoms with van der Waals surface area (Å²) in [6.45, 7) is 0.713. The van der Waals surface area contributed by atoms with E-state index >= 15 is 0 Å². The first-order chi connectivity index (χ1) is 9.63. The highest BCUT2D eigenvalue weighted by Crippen LogP contribution is 2.26. The fourth-order valence-corrected chi connectivity index (χ4v) is 3.19. The third-order valence-electron chi connectivity index (χ3n) is 3.68. The molecule has 3 nitrogen and oxygen atoms in total. The fourth-order valence-electron chi connectivity index (χ4n) is 2.67. The topological polar surface area (TPSA) is 41.1 Å². The van der Waals surface area contributed by atoms with Crippen molar-refractivity contribution in [3.05, 3.63) is 28.2 Å². The van der Waals surface area contributed by atoms with E-state index < -0.39 is 0 Å². The summed E-state index contributed by atoms with van der Waals surface area (Å²) in [6.07, 6.45) is 7.68. The summed E-state index contributed by atoms with van der Waals surface area (Å²) in [5, 5.41) is 6.64. The van der Waals surface area contributed by atoms with E-state index in [4.69, 9.17) is 23.2 Å². The van der Waals surface area contributed by atoms with E-state index in [0.717, 1.165) is 12.3 Å². The maximum absolute atomic E-state index is 11.8. The molecule has 110 valence electrons. The Morgan fingerprint density at radius 2 is 1.75 bits per heavy atom. The Balaban J connectivity index is 1.72. The van der Waals surface area contributed by atoms with Crippen LogP contribution >= 0.6 is 23.2 Å². The van der Waals surface area contributed by atoms with Crippen molar-refractivity contribution in [2.75, 3.05) is 11.9 Å². The minimum Gasteiger partial charge on any atom is -0.338 e. The van der Waals surface area contributed by atoms with E-state index in [-0.39, 0.29) is 6.03 Å². The van der Waals surface area contributed by atoms with Gasteiger partial charge in [0.1, 0.15) is 0 Å². The summed E-state index contributed by atoms with van der Waals surface area (Å²) in [4.78, 5) is 11.8. The summed E-state index contributed by atoms with van der Waals surface area (Å²) in [5.74, 6) is 0.768. The van der Waals surface area contributed by atoms with Gasteiger partial charge in [0, 0.05) is 22.3 Å². The van der Waals surface area contributed by atoms with Crippen LogP contribution in [0.1, 0.15) is 38.5 Å². The molecule has 0 aromatic heterocycles. The number of rotatable bonds is 4. The monoisotopic (exact) mass is 314 g/mol. The van der Waals surface area contributed by atoms with Gasteiger partial charge in [0.25, 0.3) is 0 Å². The smallest absolute Gasteiger partial charge is 0.319 e. The molecule has 1 aromatic rings. The van der Waals surface area contributed by atoms with Crippen LogP contribution in [0.2, 0.25) is 10.0 Å². The van der Waals surface area contributed by atoms with Gasteiger partial charge in [-0.05, 0) is 30.5 Å². The van der Waals surface area contributed by atoms with Crippen molar-refractivity contribution in [1.29, 1.82) is 0 Å². The van der Waals surface area contributed by atoms with Gasteiger partial charge < -0.3 is 10.6 Å². The van der Waals surface area contributed by atoms with Crippen LogP contribution in [-0.2, 0) is 0 Å². The van der Waals surface area contributed by atoms with E-state index in [2.05, 4.69) is 10.6 Å². The standard InChI is InChI=1S/C15H20Cl2N2O/c16-12-8-13(17)10-14(9-12)19-15(20)18-7-6-11-4-2-1-3-5-11/h8-11H,1-7H2,(H2,18,19,20). The molecule has 1 fully saturated rings. The number of benzene rings is 1. The summed E-state index contributed by atoms with van der Waals surface area (Å²) < 4.78 is 0. The molecule has 1 aromatic carbocycles. The van der Waals surface area contributed by atoms with Gasteiger partial charge in [0.2, 0.25) is 0 Å². The van der Waals surface area contributed by atoms with E-state index in [1.165, 1.54) is 32.1 Å². The summed E-state index contributed by atoms with van der Waals surface area (Å²) in [6, 6.07) is 4.77. The lowest BCUT2D eigenvalue weighted by Gasteiger charge is -2.21. The molecule has 0 spiro atoms. The summed E-state index contributed by atoms with van der Waals surface area (Å²) in [5.41, 5.74) is 0.609. The zero-order valence-electron chi connectivity index (χ0n) is 11.4. The first-order valence-corrected chi connectivity index (χ1v) is 7.90. The minimum atomic E-state index is -0.209. The Hall–Kier alpha value is -0.930. The first-order valence-electron chi connectivity index (χ1n) is 7.14. The average Bonchev–Trinajstić information content (AvgIpc) is 2.38. The summed E-state index contributed by atoms with van der Waals surface area (Å²) in [7, 11) is 0. The van der Waals surface area contributed by atoms with E-state index in [0.29, 0.717) is 22.3 Å². The molecule has 20 heavy (non-hydrogen) atoms. The molecule has 0 heterocycles. The molecule has 0 radical (unpaired) electrons. The van der Waals surface area contributed by atoms with Gasteiger partial charge in [-0.2, -0.15) is 0 Å². The molecular weight excluding hydrogens is 295 g/mol. The van der Waals surface area contributed by atoms with Gasteiger partial charge >= 0.3 is 6.03 Å². The van der Waals surface area contributed by atoms with Crippen molar-refractivity contribution >= 4 is 34.9 Å². The zero-order chi connectivity index (χ0) is 14.4. The Bertz CT molecular complexity index is 439. The first kappa shape index (κ1) is 15.5. The van der Waals surface area contributed by atoms with Crippen LogP contribution in [-0.4, -0.2) is 12.6 Å². The third-order valence-corrected chi connectivity index (χ3v) is 4.12. The van der Waals surface area contributed by atoms with E-state index in [1.54, 1.807) is 18.2 Å². The second-order valence-electron chi connectivity index (χ2n) is 5.33. The van der Waals surface area contributed by atoms with Crippen molar-refractivity contribution in [1.82, 2.24) is 5.32 Å². The molecule has 0 aliphatic heterocycles. The van der Waals surface area contributed by atoms with Crippen molar-refractivity contribution in [3.63, 3.8) is 0 Å². The van der Waals surface area contributed by atoms with Crippen molar-refractivity contribution < 1.29 is 4.79 Å². The molecule has 5 heteroatoms. The van der Waals surface area contributed by atoms with E-state index in [9.17, 15) is 4.79 Å². The Morgan fingerprint density at radius 3 is 2.40 bits per heavy atom. The predicted molar refractivity (Wildman–Crippen MR) is 84.7 cm³/mol. The fraction of sp³-hybridized carbons (Fsp3) is 0.533. The second-order valence-corrected chi connectivity index (χ2v) is 6.20. The molecule has 2 amide bonds. The molecule has 0 unspecified atom stereocenters. The highest BCUT2D eigenvalue weighted by molar-refractivity contribution is 6.35. The van der Waals surface area contributed by atoms with Crippen molar-refractivity contribution in [3.8, 4) is 0 Å². The molecule has 2 rings (SSSR count). The van der Waals surface area contributed by atoms with Crippen LogP contribution in [0.5, 0.6) is 0 Å². The number of carbonyl (C=O) groups is 1. The maximum Gasteiger partial charge on any atom is 0.319 e. The number of carbonyl (C=O) groups excluding carboxylic acids is 1. The molecule has 0 atom stereocenters. The highest BCUT2D eigenvalue weighted by atomic mass is 35.5. The molecular formula is C15H20Cl2N2O. The van der Waals surface area contributed by atoms with Gasteiger partial charge in [-0.1, -0.05) is 55.3 Å². The molecule has 0 saturated heterocycles. The van der Waals surface area contributed by atoms with Gasteiger partial charge in [-0.25, -0.2) is 4.79 Å². The summed E-state index contributed by atoms with van der Waals surface area (Å²) >= 11 is 11.8. The van der Waals surface area contributed by atoms with Crippen LogP contribution in [0.4, 0.5) is 10.5 Å². The molecule has 1 aliphatic carbocycles. The number of hydrogen-bond acceptors (Lipinski definition) is 1. The van der Waals surface area contributed by atoms with Gasteiger partial charge in [0.05, 0.1) is 0 Å². The maximum atomic E-state index is 11.8. The average molecular weight is 315 g/mol. The van der Waals surface area contributed by atoms with Crippen LogP contribution in [0.25, 0.3) is 0 Å². The van der Waals surface area contributed by atoms with Crippen LogP contribution in [0.15, 0.2) is 18.2 Å². The lowest BCUT2D eigenvalue weighted by atomic mass is 9.87. The number of urea groups is 1. The van der Waals surface area contributed by atoms with Crippen LogP contribution in [0.3, 0.4) is 0 Å². The lowest BCUT2D eigenvalue weighted by Crippen LogP contribution is -2.30. The largest absolute Gasteiger partial charge is 0.338 e. The lowest BCUT2D eigenvalue weighted by molar-refractivity contribution is 0.250. The molecule has 1 saturated carbocycles. The predicted octanol–water partition coefficient (Wildman–Crippen LogP) is 5.09. The van der Waals surface area contributed by atoms with Crippen LogP contribution in [0, 0.1) is 5.92 Å². The highest BCUT2D eigenvalue weighted by Gasteiger charge is 2.13. The van der Waals surface area contributed by atoms with Crippen LogP contribution < -0.4 is 10.6 Å². The quantitative estimate of drug-likeness (QED) is 0.799. The Kier molecular flexibility index (Phi) is 5.99. The van der Waals surface area contributed by atoms with Gasteiger partial charge in [0.15, 0.2) is 0 Å². The van der Waals surface area contributed by atoms with Crippen molar-refractivity contribution in [2.45, 2.75) is 38.5 Å². The number of amides is 2. The number of anilines is 1. The normalized spacial score (nSPS) is 15.9. The minimum absolute atomic E-state index is 0.209. The van der Waals surface area contributed by atoms with Crippen molar-refractivity contribution in [2.24, 2.45) is 5.92 Å². The zero-order valence-corrected chi connectivity index (χ0v) is 12.9. The van der Waals surface area contributed by atoms with E-state index in [1.807, 2.05) is 0 Å².